The minimum absolute atomic E-state index is 0.00103. The molecule has 118 valence electrons. The predicted octanol–water partition coefficient (Wildman–Crippen LogP) is 2.72. The number of para-hydroxylation sites is 1. The Kier molecular flexibility index (Phi) is 3.99. The average Bonchev–Trinajstić information content (AvgIpc) is 2.89. The second-order valence-corrected chi connectivity index (χ2v) is 6.16. The van der Waals surface area contributed by atoms with Crippen LogP contribution in [0, 0.1) is 0 Å². The summed E-state index contributed by atoms with van der Waals surface area (Å²) in [6, 6.07) is 11.4. The van der Waals surface area contributed by atoms with E-state index in [1.807, 2.05) is 46.9 Å². The summed E-state index contributed by atoms with van der Waals surface area (Å²) in [5.41, 5.74) is 2.82. The van der Waals surface area contributed by atoms with E-state index in [0.29, 0.717) is 5.56 Å². The van der Waals surface area contributed by atoms with E-state index in [1.165, 1.54) is 12.5 Å². The molecule has 0 unspecified atom stereocenters. The monoisotopic (exact) mass is 309 g/mol. The van der Waals surface area contributed by atoms with Crippen LogP contribution >= 0.6 is 0 Å². The Balaban J connectivity index is 1.91. The number of nitrogens with zero attached hydrogens (tertiary/aromatic N) is 2. The van der Waals surface area contributed by atoms with Gasteiger partial charge >= 0.3 is 0 Å². The lowest BCUT2D eigenvalue weighted by atomic mass is 10.1. The van der Waals surface area contributed by atoms with Crippen LogP contribution in [-0.2, 0) is 11.2 Å². The third-order valence-corrected chi connectivity index (χ3v) is 4.48. The number of amides is 1. The molecule has 2 aromatic rings. The summed E-state index contributed by atoms with van der Waals surface area (Å²) in [7, 11) is 0. The van der Waals surface area contributed by atoms with Crippen LogP contribution in [0.5, 0.6) is 0 Å². The SMILES string of the molecule is CC(=O)c1ccc[n+]([C@@H](C)C(=O)N2c3ccccc3C[C@H]2C)c1. The number of rotatable bonds is 3. The molecule has 23 heavy (non-hydrogen) atoms. The minimum atomic E-state index is -0.358. The van der Waals surface area contributed by atoms with Crippen LogP contribution in [0.3, 0.4) is 0 Å². The largest absolute Gasteiger partial charge is 0.303 e. The number of Topliss-reactive ketones (excluding diaryl/α,β-unsaturated/α-hetero) is 1. The van der Waals surface area contributed by atoms with Crippen LogP contribution in [0.2, 0.25) is 0 Å². The fourth-order valence-electron chi connectivity index (χ4n) is 3.17. The van der Waals surface area contributed by atoms with Crippen LogP contribution in [0.4, 0.5) is 5.69 Å². The third kappa shape index (κ3) is 2.77. The van der Waals surface area contributed by atoms with Gasteiger partial charge in [-0.1, -0.05) is 18.2 Å². The van der Waals surface area contributed by atoms with Crippen LogP contribution in [0.15, 0.2) is 48.8 Å². The molecule has 0 N–H and O–H groups in total. The third-order valence-electron chi connectivity index (χ3n) is 4.48. The number of pyridine rings is 1. The molecule has 3 rings (SSSR count). The zero-order chi connectivity index (χ0) is 16.6. The number of benzene rings is 1. The molecule has 2 heterocycles. The van der Waals surface area contributed by atoms with Gasteiger partial charge in [-0.15, -0.1) is 0 Å². The predicted molar refractivity (Wildman–Crippen MR) is 88.4 cm³/mol. The van der Waals surface area contributed by atoms with Crippen LogP contribution in [0.1, 0.15) is 42.7 Å². The van der Waals surface area contributed by atoms with E-state index in [-0.39, 0.29) is 23.8 Å². The summed E-state index contributed by atoms with van der Waals surface area (Å²) in [6.45, 7) is 5.48. The van der Waals surface area contributed by atoms with Gasteiger partial charge in [0.15, 0.2) is 18.2 Å². The first kappa shape index (κ1) is 15.4. The summed E-state index contributed by atoms with van der Waals surface area (Å²) in [5, 5.41) is 0. The summed E-state index contributed by atoms with van der Waals surface area (Å²) < 4.78 is 1.81. The van der Waals surface area contributed by atoms with Crippen molar-refractivity contribution in [2.45, 2.75) is 39.3 Å². The van der Waals surface area contributed by atoms with E-state index in [0.717, 1.165) is 12.1 Å². The molecule has 4 nitrogen and oxygen atoms in total. The molecule has 0 fully saturated rings. The Labute approximate surface area is 136 Å². The first-order valence-electron chi connectivity index (χ1n) is 7.91. The molecule has 4 heteroatoms. The number of carbonyl (C=O) groups excluding carboxylic acids is 2. The van der Waals surface area contributed by atoms with Gasteiger partial charge in [0.05, 0.1) is 5.56 Å². The first-order valence-corrected chi connectivity index (χ1v) is 7.91. The highest BCUT2D eigenvalue weighted by Gasteiger charge is 2.36. The van der Waals surface area contributed by atoms with Gasteiger partial charge < -0.3 is 4.90 Å². The molecule has 0 bridgehead atoms. The summed E-state index contributed by atoms with van der Waals surface area (Å²) in [5.74, 6) is 0.0482. The molecule has 0 saturated carbocycles. The standard InChI is InChI=1S/C19H21N2O2/c1-13-11-16-7-4-5-9-18(16)21(13)19(23)14(2)20-10-6-8-17(12-20)15(3)22/h4-10,12-14H,11H2,1-3H3/q+1/t13-,14+/m1/s1. The maximum atomic E-state index is 13.0. The maximum Gasteiger partial charge on any atom is 0.296 e. The Morgan fingerprint density at radius 2 is 1.96 bits per heavy atom. The number of carbonyl (C=O) groups is 2. The Bertz CT molecular complexity index is 769. The van der Waals surface area contributed by atoms with Gasteiger partial charge in [-0.05, 0) is 38.0 Å². The number of aromatic nitrogens is 1. The second kappa shape index (κ2) is 5.95. The zero-order valence-corrected chi connectivity index (χ0v) is 13.7. The van der Waals surface area contributed by atoms with Crippen LogP contribution in [-0.4, -0.2) is 17.7 Å². The zero-order valence-electron chi connectivity index (χ0n) is 13.7. The van der Waals surface area contributed by atoms with Crippen molar-refractivity contribution in [3.05, 3.63) is 59.9 Å². The molecule has 2 atom stereocenters. The van der Waals surface area contributed by atoms with Crippen molar-refractivity contribution in [2.24, 2.45) is 0 Å². The fraction of sp³-hybridized carbons (Fsp3) is 0.316. The van der Waals surface area contributed by atoms with E-state index in [4.69, 9.17) is 0 Å². The Hall–Kier alpha value is -2.49. The average molecular weight is 309 g/mol. The molecular formula is C19H21N2O2+. The highest BCUT2D eigenvalue weighted by atomic mass is 16.2. The van der Waals surface area contributed by atoms with E-state index in [1.54, 1.807) is 12.3 Å². The molecule has 0 spiro atoms. The van der Waals surface area contributed by atoms with E-state index in [2.05, 4.69) is 13.0 Å². The summed E-state index contributed by atoms with van der Waals surface area (Å²) in [4.78, 5) is 26.5. The van der Waals surface area contributed by atoms with Crippen LogP contribution < -0.4 is 9.47 Å². The van der Waals surface area contributed by atoms with Gasteiger partial charge in [-0.3, -0.25) is 9.59 Å². The maximum absolute atomic E-state index is 13.0. The van der Waals surface area contributed by atoms with E-state index >= 15 is 0 Å². The van der Waals surface area contributed by atoms with Crippen molar-refractivity contribution in [3.8, 4) is 0 Å². The van der Waals surface area contributed by atoms with E-state index in [9.17, 15) is 9.59 Å². The summed E-state index contributed by atoms with van der Waals surface area (Å²) >= 11 is 0. The lowest BCUT2D eigenvalue weighted by Crippen LogP contribution is -2.50. The molecular weight excluding hydrogens is 288 g/mol. The Morgan fingerprint density at radius 3 is 2.70 bits per heavy atom. The highest BCUT2D eigenvalue weighted by molar-refractivity contribution is 5.97. The van der Waals surface area contributed by atoms with Gasteiger partial charge in [0.25, 0.3) is 5.91 Å². The number of anilines is 1. The Morgan fingerprint density at radius 1 is 1.22 bits per heavy atom. The number of hydrogen-bond donors (Lipinski definition) is 0. The lowest BCUT2D eigenvalue weighted by molar-refractivity contribution is -0.706. The minimum Gasteiger partial charge on any atom is -0.303 e. The molecule has 1 aromatic heterocycles. The number of fused-ring (bicyclic) bond motifs is 1. The molecule has 1 aromatic carbocycles. The van der Waals surface area contributed by atoms with Gasteiger partial charge in [0, 0.05) is 24.7 Å². The van der Waals surface area contributed by atoms with Gasteiger partial charge in [0.2, 0.25) is 6.04 Å². The molecule has 1 aliphatic heterocycles. The van der Waals surface area contributed by atoms with E-state index < -0.39 is 0 Å². The first-order chi connectivity index (χ1) is 11.0. The molecule has 1 aliphatic rings. The molecule has 1 amide bonds. The van der Waals surface area contributed by atoms with Crippen molar-refractivity contribution in [1.82, 2.24) is 0 Å². The summed E-state index contributed by atoms with van der Waals surface area (Å²) in [6.07, 6.45) is 4.46. The van der Waals surface area contributed by atoms with Gasteiger partial charge in [-0.2, -0.15) is 4.57 Å². The van der Waals surface area contributed by atoms with Crippen molar-refractivity contribution in [1.29, 1.82) is 0 Å². The normalized spacial score (nSPS) is 17.7. The molecule has 0 saturated heterocycles. The highest BCUT2D eigenvalue weighted by Crippen LogP contribution is 2.32. The van der Waals surface area contributed by atoms with Crippen molar-refractivity contribution >= 4 is 17.4 Å². The van der Waals surface area contributed by atoms with Crippen molar-refractivity contribution in [2.75, 3.05) is 4.90 Å². The van der Waals surface area contributed by atoms with Crippen molar-refractivity contribution in [3.63, 3.8) is 0 Å². The fourth-order valence-corrected chi connectivity index (χ4v) is 3.17. The molecule has 0 aliphatic carbocycles. The van der Waals surface area contributed by atoms with Crippen LogP contribution in [0.25, 0.3) is 0 Å². The van der Waals surface area contributed by atoms with Crippen molar-refractivity contribution < 1.29 is 14.2 Å². The second-order valence-electron chi connectivity index (χ2n) is 6.16. The van der Waals surface area contributed by atoms with Gasteiger partial charge in [0.1, 0.15) is 0 Å². The smallest absolute Gasteiger partial charge is 0.296 e. The van der Waals surface area contributed by atoms with Gasteiger partial charge in [-0.25, -0.2) is 0 Å². The number of hydrogen-bond acceptors (Lipinski definition) is 2. The number of ketones is 1. The quantitative estimate of drug-likeness (QED) is 0.646. The topological polar surface area (TPSA) is 41.3 Å². The lowest BCUT2D eigenvalue weighted by Gasteiger charge is -2.23. The molecule has 0 radical (unpaired) electrons.